The lowest BCUT2D eigenvalue weighted by molar-refractivity contribution is -0.120. The molecule has 0 unspecified atom stereocenters. The van der Waals surface area contributed by atoms with Crippen molar-refractivity contribution in [2.45, 2.75) is 12.8 Å². The summed E-state index contributed by atoms with van der Waals surface area (Å²) < 4.78 is 10.5. The topological polar surface area (TPSA) is 93.3 Å². The number of benzene rings is 2. The maximum atomic E-state index is 12.3. The van der Waals surface area contributed by atoms with Gasteiger partial charge in [0.1, 0.15) is 0 Å². The molecule has 0 atom stereocenters. The van der Waals surface area contributed by atoms with E-state index in [-0.39, 0.29) is 17.9 Å². The highest BCUT2D eigenvalue weighted by Crippen LogP contribution is 2.27. The molecule has 0 aliphatic carbocycles. The van der Waals surface area contributed by atoms with Crippen LogP contribution in [0, 0.1) is 0 Å². The fraction of sp³-hybridized carbons (Fsp3) is 0.250. The average molecular weight is 367 g/mol. The number of hydrogen-bond donors (Lipinski definition) is 2. The summed E-state index contributed by atoms with van der Waals surface area (Å²) in [6.45, 7) is 0.482. The molecule has 0 aliphatic rings. The minimum atomic E-state index is -0.261. The van der Waals surface area contributed by atoms with Gasteiger partial charge in [-0.1, -0.05) is 24.3 Å². The van der Waals surface area contributed by atoms with E-state index in [1.807, 2.05) is 24.3 Å². The van der Waals surface area contributed by atoms with Crippen LogP contribution in [0.5, 0.6) is 11.5 Å². The van der Waals surface area contributed by atoms with Crippen LogP contribution in [0.4, 0.5) is 0 Å². The van der Waals surface area contributed by atoms with Crippen LogP contribution in [0.1, 0.15) is 11.3 Å². The van der Waals surface area contributed by atoms with Crippen molar-refractivity contribution in [3.63, 3.8) is 0 Å². The summed E-state index contributed by atoms with van der Waals surface area (Å²) in [7, 11) is 3.18. The molecule has 0 saturated heterocycles. The third kappa shape index (κ3) is 4.25. The van der Waals surface area contributed by atoms with Gasteiger partial charge in [-0.15, -0.1) is 0 Å². The Morgan fingerprint density at radius 1 is 1.07 bits per heavy atom. The van der Waals surface area contributed by atoms with Gasteiger partial charge in [-0.25, -0.2) is 5.10 Å². The SMILES string of the molecule is COc1ccc(CCNC(=O)Cc2n[nH]c(=O)c3ccccc23)cc1OC. The number of fused-ring (bicyclic) bond motifs is 1. The Kier molecular flexibility index (Phi) is 5.71. The summed E-state index contributed by atoms with van der Waals surface area (Å²) in [5, 5.41) is 10.6. The Hall–Kier alpha value is -3.35. The van der Waals surface area contributed by atoms with Crippen molar-refractivity contribution < 1.29 is 14.3 Å². The molecule has 0 radical (unpaired) electrons. The fourth-order valence-corrected chi connectivity index (χ4v) is 2.90. The zero-order valence-corrected chi connectivity index (χ0v) is 15.2. The van der Waals surface area contributed by atoms with Crippen molar-refractivity contribution in [1.82, 2.24) is 15.5 Å². The van der Waals surface area contributed by atoms with Gasteiger partial charge in [0.25, 0.3) is 5.56 Å². The van der Waals surface area contributed by atoms with Gasteiger partial charge in [0.05, 0.1) is 31.7 Å². The first-order valence-corrected chi connectivity index (χ1v) is 8.56. The first-order valence-electron chi connectivity index (χ1n) is 8.56. The normalized spacial score (nSPS) is 10.6. The van der Waals surface area contributed by atoms with Crippen LogP contribution in [0.2, 0.25) is 0 Å². The number of carbonyl (C=O) groups is 1. The molecule has 3 aromatic rings. The lowest BCUT2D eigenvalue weighted by atomic mass is 10.1. The van der Waals surface area contributed by atoms with Crippen LogP contribution in [0.3, 0.4) is 0 Å². The van der Waals surface area contributed by atoms with Crippen LogP contribution in [-0.2, 0) is 17.6 Å². The second-order valence-electron chi connectivity index (χ2n) is 6.01. The monoisotopic (exact) mass is 367 g/mol. The number of carbonyl (C=O) groups excluding carboxylic acids is 1. The number of aromatic amines is 1. The van der Waals surface area contributed by atoms with E-state index >= 15 is 0 Å². The van der Waals surface area contributed by atoms with Gasteiger partial charge in [-0.2, -0.15) is 5.10 Å². The second-order valence-corrected chi connectivity index (χ2v) is 6.01. The van der Waals surface area contributed by atoms with Crippen LogP contribution >= 0.6 is 0 Å². The summed E-state index contributed by atoms with van der Waals surface area (Å²) >= 11 is 0. The van der Waals surface area contributed by atoms with Crippen LogP contribution in [-0.4, -0.2) is 36.9 Å². The molecule has 0 fully saturated rings. The van der Waals surface area contributed by atoms with Crippen LogP contribution in [0.15, 0.2) is 47.3 Å². The molecule has 7 heteroatoms. The summed E-state index contributed by atoms with van der Waals surface area (Å²) in [6, 6.07) is 12.8. The largest absolute Gasteiger partial charge is 0.493 e. The highest BCUT2D eigenvalue weighted by Gasteiger charge is 2.11. The van der Waals surface area contributed by atoms with Crippen LogP contribution < -0.4 is 20.3 Å². The standard InChI is InChI=1S/C20H21N3O4/c1-26-17-8-7-13(11-18(17)27-2)9-10-21-19(24)12-16-14-5-3-4-6-15(14)20(25)23-22-16/h3-8,11H,9-10,12H2,1-2H3,(H,21,24)(H,23,25). The quantitative estimate of drug-likeness (QED) is 0.665. The van der Waals surface area contributed by atoms with E-state index in [1.54, 1.807) is 32.4 Å². The van der Waals surface area contributed by atoms with Gasteiger partial charge >= 0.3 is 0 Å². The molecule has 0 spiro atoms. The van der Waals surface area contributed by atoms with Gasteiger partial charge < -0.3 is 14.8 Å². The molecule has 1 heterocycles. The highest BCUT2D eigenvalue weighted by atomic mass is 16.5. The average Bonchev–Trinajstić information content (AvgIpc) is 2.70. The number of ether oxygens (including phenoxy) is 2. The molecule has 2 aromatic carbocycles. The third-order valence-corrected chi connectivity index (χ3v) is 4.29. The molecule has 7 nitrogen and oxygen atoms in total. The first-order chi connectivity index (χ1) is 13.1. The van der Waals surface area contributed by atoms with E-state index in [0.717, 1.165) is 5.56 Å². The predicted molar refractivity (Wildman–Crippen MR) is 102 cm³/mol. The van der Waals surface area contributed by atoms with Crippen molar-refractivity contribution >= 4 is 16.7 Å². The molecule has 0 bridgehead atoms. The molecule has 0 saturated carbocycles. The minimum absolute atomic E-state index is 0.100. The number of rotatable bonds is 7. The second kappa shape index (κ2) is 8.35. The molecule has 2 N–H and O–H groups in total. The number of aromatic nitrogens is 2. The van der Waals surface area contributed by atoms with Gasteiger partial charge in [0, 0.05) is 11.9 Å². The molecule has 140 valence electrons. The number of amides is 1. The Morgan fingerprint density at radius 2 is 1.81 bits per heavy atom. The summed E-state index contributed by atoms with van der Waals surface area (Å²) in [6.07, 6.45) is 0.759. The van der Waals surface area contributed by atoms with E-state index in [1.165, 1.54) is 0 Å². The number of H-pyrrole nitrogens is 1. The van der Waals surface area contributed by atoms with Gasteiger partial charge in [-0.3, -0.25) is 9.59 Å². The fourth-order valence-electron chi connectivity index (χ4n) is 2.90. The first kappa shape index (κ1) is 18.4. The van der Waals surface area contributed by atoms with E-state index in [9.17, 15) is 9.59 Å². The van der Waals surface area contributed by atoms with Crippen molar-refractivity contribution in [3.8, 4) is 11.5 Å². The number of nitrogens with zero attached hydrogens (tertiary/aromatic N) is 1. The number of nitrogens with one attached hydrogen (secondary N) is 2. The zero-order chi connectivity index (χ0) is 19.2. The smallest absolute Gasteiger partial charge is 0.272 e. The van der Waals surface area contributed by atoms with E-state index in [4.69, 9.17) is 9.47 Å². The lowest BCUT2D eigenvalue weighted by Crippen LogP contribution is -2.28. The Morgan fingerprint density at radius 3 is 2.56 bits per heavy atom. The predicted octanol–water partition coefficient (Wildman–Crippen LogP) is 1.84. The van der Waals surface area contributed by atoms with Crippen molar-refractivity contribution in [2.24, 2.45) is 0 Å². The van der Waals surface area contributed by atoms with Gasteiger partial charge in [0.15, 0.2) is 11.5 Å². The van der Waals surface area contributed by atoms with E-state index in [2.05, 4.69) is 15.5 Å². The molecule has 3 rings (SSSR count). The highest BCUT2D eigenvalue weighted by molar-refractivity contribution is 5.88. The Balaban J connectivity index is 1.61. The van der Waals surface area contributed by atoms with Gasteiger partial charge in [-0.05, 0) is 30.2 Å². The maximum absolute atomic E-state index is 12.3. The Bertz CT molecular complexity index is 1010. The molecule has 0 aliphatic heterocycles. The summed E-state index contributed by atoms with van der Waals surface area (Å²) in [5.41, 5.74) is 1.32. The minimum Gasteiger partial charge on any atom is -0.493 e. The van der Waals surface area contributed by atoms with E-state index in [0.29, 0.717) is 40.9 Å². The maximum Gasteiger partial charge on any atom is 0.272 e. The zero-order valence-electron chi connectivity index (χ0n) is 15.2. The summed E-state index contributed by atoms with van der Waals surface area (Å²) in [5.74, 6) is 1.17. The molecule has 27 heavy (non-hydrogen) atoms. The van der Waals surface area contributed by atoms with Crippen molar-refractivity contribution in [3.05, 3.63) is 64.1 Å². The van der Waals surface area contributed by atoms with Crippen molar-refractivity contribution in [1.29, 1.82) is 0 Å². The summed E-state index contributed by atoms with van der Waals surface area (Å²) in [4.78, 5) is 24.1. The molecular weight excluding hydrogens is 346 g/mol. The van der Waals surface area contributed by atoms with Crippen molar-refractivity contribution in [2.75, 3.05) is 20.8 Å². The van der Waals surface area contributed by atoms with E-state index < -0.39 is 0 Å². The molecular formula is C20H21N3O4. The molecule has 1 aromatic heterocycles. The number of hydrogen-bond acceptors (Lipinski definition) is 5. The Labute approximate surface area is 156 Å². The lowest BCUT2D eigenvalue weighted by Gasteiger charge is -2.10. The van der Waals surface area contributed by atoms with Gasteiger partial charge in [0.2, 0.25) is 5.91 Å². The number of methoxy groups -OCH3 is 2. The van der Waals surface area contributed by atoms with Crippen LogP contribution in [0.25, 0.3) is 10.8 Å². The third-order valence-electron chi connectivity index (χ3n) is 4.29. The molecule has 1 amide bonds.